The molecule has 28 heavy (non-hydrogen) atoms. The van der Waals surface area contributed by atoms with E-state index in [0.29, 0.717) is 17.0 Å². The molecule has 1 N–H and O–H groups in total. The van der Waals surface area contributed by atoms with Gasteiger partial charge in [0, 0.05) is 16.8 Å². The number of halogens is 2. The van der Waals surface area contributed by atoms with E-state index < -0.39 is 11.5 Å². The summed E-state index contributed by atoms with van der Waals surface area (Å²) in [5.41, 5.74) is 1.09. The second-order valence-corrected chi connectivity index (χ2v) is 6.75. The van der Waals surface area contributed by atoms with Crippen molar-refractivity contribution in [1.82, 2.24) is 9.78 Å². The standard InChI is InChI=1S/C19H13Cl2N3O4/c1-27-16-6-11-10-4-2-3-5-14(10)28-15(11)7-13(16)23-17(25)9-24-19(26)18(21)12(20)8-22-24/h2-8H,9H2,1H3,(H,23,25). The average Bonchev–Trinajstić information content (AvgIpc) is 3.05. The minimum Gasteiger partial charge on any atom is -0.495 e. The normalized spacial score (nSPS) is 11.1. The SMILES string of the molecule is COc1cc2c(cc1NC(=O)Cn1ncc(Cl)c(Cl)c1=O)oc1ccccc12. The highest BCUT2D eigenvalue weighted by atomic mass is 35.5. The fourth-order valence-electron chi connectivity index (χ4n) is 2.90. The zero-order valence-corrected chi connectivity index (χ0v) is 16.0. The number of furan rings is 1. The number of hydrogen-bond donors (Lipinski definition) is 1. The van der Waals surface area contributed by atoms with Crippen LogP contribution in [0.4, 0.5) is 5.69 Å². The molecule has 4 aromatic rings. The predicted molar refractivity (Wildman–Crippen MR) is 107 cm³/mol. The Balaban J connectivity index is 1.67. The molecule has 0 saturated heterocycles. The van der Waals surface area contributed by atoms with Gasteiger partial charge in [-0.25, -0.2) is 4.68 Å². The molecule has 0 aliphatic carbocycles. The molecule has 0 aliphatic heterocycles. The first kappa shape index (κ1) is 18.3. The Kier molecular flexibility index (Phi) is 4.70. The van der Waals surface area contributed by atoms with Crippen molar-refractivity contribution < 1.29 is 13.9 Å². The number of fused-ring (bicyclic) bond motifs is 3. The highest BCUT2D eigenvalue weighted by Gasteiger charge is 2.16. The van der Waals surface area contributed by atoms with Crippen LogP contribution in [0.15, 0.2) is 51.8 Å². The molecule has 4 rings (SSSR count). The van der Waals surface area contributed by atoms with Crippen LogP contribution in [0, 0.1) is 0 Å². The molecule has 1 amide bonds. The van der Waals surface area contributed by atoms with E-state index in [9.17, 15) is 9.59 Å². The highest BCUT2D eigenvalue weighted by Crippen LogP contribution is 2.36. The van der Waals surface area contributed by atoms with Gasteiger partial charge in [0.1, 0.15) is 28.5 Å². The van der Waals surface area contributed by atoms with Crippen molar-refractivity contribution in [3.8, 4) is 5.75 Å². The zero-order valence-electron chi connectivity index (χ0n) is 14.5. The first-order valence-corrected chi connectivity index (χ1v) is 8.94. The maximum Gasteiger partial charge on any atom is 0.287 e. The Morgan fingerprint density at radius 3 is 2.79 bits per heavy atom. The topological polar surface area (TPSA) is 86.4 Å². The number of hydrogen-bond acceptors (Lipinski definition) is 5. The van der Waals surface area contributed by atoms with Gasteiger partial charge in [0.05, 0.1) is 24.0 Å². The van der Waals surface area contributed by atoms with Crippen molar-refractivity contribution >= 4 is 56.7 Å². The van der Waals surface area contributed by atoms with Crippen LogP contribution in [0.2, 0.25) is 10.0 Å². The van der Waals surface area contributed by atoms with Crippen LogP contribution in [0.1, 0.15) is 0 Å². The minimum absolute atomic E-state index is 0.0281. The number of anilines is 1. The molecule has 0 spiro atoms. The van der Waals surface area contributed by atoms with Crippen LogP contribution in [0.3, 0.4) is 0 Å². The van der Waals surface area contributed by atoms with Crippen LogP contribution in [0.25, 0.3) is 21.9 Å². The molecule has 0 bridgehead atoms. The van der Waals surface area contributed by atoms with Crippen LogP contribution in [0.5, 0.6) is 5.75 Å². The second-order valence-electron chi connectivity index (χ2n) is 5.96. The van der Waals surface area contributed by atoms with E-state index in [0.717, 1.165) is 21.0 Å². The molecule has 0 unspecified atom stereocenters. The summed E-state index contributed by atoms with van der Waals surface area (Å²) >= 11 is 11.6. The van der Waals surface area contributed by atoms with E-state index in [1.807, 2.05) is 24.3 Å². The summed E-state index contributed by atoms with van der Waals surface area (Å²) in [4.78, 5) is 24.5. The maximum atomic E-state index is 12.4. The lowest BCUT2D eigenvalue weighted by atomic mass is 10.1. The van der Waals surface area contributed by atoms with Crippen molar-refractivity contribution in [3.63, 3.8) is 0 Å². The monoisotopic (exact) mass is 417 g/mol. The molecular formula is C19H13Cl2N3O4. The van der Waals surface area contributed by atoms with Crippen LogP contribution in [-0.4, -0.2) is 22.8 Å². The third kappa shape index (κ3) is 3.19. The first-order valence-electron chi connectivity index (χ1n) is 8.18. The summed E-state index contributed by atoms with van der Waals surface area (Å²) in [5.74, 6) is -0.0244. The van der Waals surface area contributed by atoms with Crippen molar-refractivity contribution in [2.45, 2.75) is 6.54 Å². The summed E-state index contributed by atoms with van der Waals surface area (Å²) in [7, 11) is 1.50. The van der Waals surface area contributed by atoms with Crippen molar-refractivity contribution in [2.24, 2.45) is 0 Å². The number of aromatic nitrogens is 2. The zero-order chi connectivity index (χ0) is 19.8. The molecule has 2 aromatic carbocycles. The summed E-state index contributed by atoms with van der Waals surface area (Å²) in [5, 5.41) is 8.18. The highest BCUT2D eigenvalue weighted by molar-refractivity contribution is 6.41. The number of nitrogens with zero attached hydrogens (tertiary/aromatic N) is 2. The van der Waals surface area contributed by atoms with Gasteiger partial charge in [-0.05, 0) is 12.1 Å². The van der Waals surface area contributed by atoms with E-state index >= 15 is 0 Å². The predicted octanol–water partition coefficient (Wildman–Crippen LogP) is 4.10. The number of ether oxygens (including phenoxy) is 1. The van der Waals surface area contributed by atoms with Gasteiger partial charge in [-0.15, -0.1) is 0 Å². The molecule has 0 aliphatic rings. The van der Waals surface area contributed by atoms with Crippen molar-refractivity contribution in [1.29, 1.82) is 0 Å². The average molecular weight is 418 g/mol. The largest absolute Gasteiger partial charge is 0.495 e. The number of rotatable bonds is 4. The lowest BCUT2D eigenvalue weighted by Crippen LogP contribution is -2.29. The van der Waals surface area contributed by atoms with Crippen molar-refractivity contribution in [2.75, 3.05) is 12.4 Å². The Labute approximate surface area is 168 Å². The van der Waals surface area contributed by atoms with Gasteiger partial charge in [0.2, 0.25) is 5.91 Å². The number of methoxy groups -OCH3 is 1. The quantitative estimate of drug-likeness (QED) is 0.540. The third-order valence-electron chi connectivity index (χ3n) is 4.21. The molecule has 0 radical (unpaired) electrons. The van der Waals surface area contributed by atoms with Crippen molar-refractivity contribution in [3.05, 3.63) is 63.0 Å². The number of carbonyl (C=O) groups excluding carboxylic acids is 1. The molecule has 9 heteroatoms. The molecule has 2 heterocycles. The van der Waals surface area contributed by atoms with Gasteiger partial charge >= 0.3 is 0 Å². The lowest BCUT2D eigenvalue weighted by molar-refractivity contribution is -0.117. The molecule has 0 atom stereocenters. The minimum atomic E-state index is -0.649. The number of nitrogens with one attached hydrogen (secondary N) is 1. The molecular weight excluding hydrogens is 405 g/mol. The van der Waals surface area contributed by atoms with E-state index in [4.69, 9.17) is 32.4 Å². The molecule has 2 aromatic heterocycles. The van der Waals surface area contributed by atoms with Gasteiger partial charge < -0.3 is 14.5 Å². The summed E-state index contributed by atoms with van der Waals surface area (Å²) in [6.45, 7) is -0.336. The van der Waals surface area contributed by atoms with E-state index in [1.165, 1.54) is 13.3 Å². The van der Waals surface area contributed by atoms with E-state index in [-0.39, 0.29) is 16.6 Å². The number of amides is 1. The summed E-state index contributed by atoms with van der Waals surface area (Å²) in [6, 6.07) is 11.1. The van der Waals surface area contributed by atoms with Crippen LogP contribution in [-0.2, 0) is 11.3 Å². The fraction of sp³-hybridized carbons (Fsp3) is 0.105. The van der Waals surface area contributed by atoms with Gasteiger partial charge in [0.25, 0.3) is 5.56 Å². The Bertz CT molecular complexity index is 1280. The number of benzene rings is 2. The van der Waals surface area contributed by atoms with E-state index in [1.54, 1.807) is 12.1 Å². The second kappa shape index (κ2) is 7.18. The number of para-hydroxylation sites is 1. The Morgan fingerprint density at radius 1 is 1.21 bits per heavy atom. The van der Waals surface area contributed by atoms with Gasteiger partial charge in [-0.2, -0.15) is 5.10 Å². The number of carbonyl (C=O) groups is 1. The fourth-order valence-corrected chi connectivity index (χ4v) is 3.17. The summed E-state index contributed by atoms with van der Waals surface area (Å²) < 4.78 is 12.2. The van der Waals surface area contributed by atoms with Crippen LogP contribution >= 0.6 is 23.2 Å². The van der Waals surface area contributed by atoms with Crippen LogP contribution < -0.4 is 15.6 Å². The van der Waals surface area contributed by atoms with Gasteiger partial charge in [-0.1, -0.05) is 41.4 Å². The lowest BCUT2D eigenvalue weighted by Gasteiger charge is -2.11. The van der Waals surface area contributed by atoms with E-state index in [2.05, 4.69) is 10.4 Å². The maximum absolute atomic E-state index is 12.4. The Hall–Kier alpha value is -3.03. The van der Waals surface area contributed by atoms with Gasteiger partial charge in [0.15, 0.2) is 0 Å². The molecule has 0 saturated carbocycles. The Morgan fingerprint density at radius 2 is 2.00 bits per heavy atom. The molecule has 7 nitrogen and oxygen atoms in total. The molecule has 0 fully saturated rings. The molecule has 142 valence electrons. The van der Waals surface area contributed by atoms with Gasteiger partial charge in [-0.3, -0.25) is 9.59 Å². The third-order valence-corrected chi connectivity index (χ3v) is 4.96. The first-order chi connectivity index (χ1) is 13.5. The smallest absolute Gasteiger partial charge is 0.287 e. The summed E-state index contributed by atoms with van der Waals surface area (Å²) in [6.07, 6.45) is 1.21.